The highest BCUT2D eigenvalue weighted by Gasteiger charge is 2.21. The molecule has 4 nitrogen and oxygen atoms in total. The van der Waals surface area contributed by atoms with E-state index >= 15 is 0 Å². The first-order valence-corrected chi connectivity index (χ1v) is 3.06. The largest absolute Gasteiger partial charge is 0.465 e. The van der Waals surface area contributed by atoms with E-state index in [4.69, 9.17) is 16.7 Å². The van der Waals surface area contributed by atoms with Gasteiger partial charge in [-0.15, -0.1) is 0 Å². The third kappa shape index (κ3) is 2.23. The van der Waals surface area contributed by atoms with E-state index in [9.17, 15) is 9.59 Å². The van der Waals surface area contributed by atoms with Gasteiger partial charge in [-0.25, -0.2) is 9.69 Å². The Morgan fingerprint density at radius 3 is 1.90 bits per heavy atom. The van der Waals surface area contributed by atoms with Crippen LogP contribution < -0.4 is 0 Å². The van der Waals surface area contributed by atoms with E-state index in [0.29, 0.717) is 4.90 Å². The molecule has 0 aliphatic heterocycles. The summed E-state index contributed by atoms with van der Waals surface area (Å²) in [6.45, 7) is 3.13. The minimum absolute atomic E-state index is 0.414. The lowest BCUT2D eigenvalue weighted by atomic mass is 10.4. The van der Waals surface area contributed by atoms with Crippen LogP contribution in [0.25, 0.3) is 0 Å². The van der Waals surface area contributed by atoms with Gasteiger partial charge in [-0.1, -0.05) is 0 Å². The molecular formula is C5H8ClNO3. The maximum atomic E-state index is 10.3. The monoisotopic (exact) mass is 165 g/mol. The highest BCUT2D eigenvalue weighted by molar-refractivity contribution is 6.63. The normalized spacial score (nSPS) is 9.60. The number of carboxylic acid groups (broad SMARTS) is 1. The SMILES string of the molecule is CC(C)N(C(=O)O)C(=O)Cl. The fourth-order valence-electron chi connectivity index (χ4n) is 0.499. The molecule has 0 rings (SSSR count). The van der Waals surface area contributed by atoms with Crippen molar-refractivity contribution in [3.63, 3.8) is 0 Å². The second-order valence-corrected chi connectivity index (χ2v) is 2.32. The second-order valence-electron chi connectivity index (χ2n) is 2.00. The summed E-state index contributed by atoms with van der Waals surface area (Å²) >= 11 is 4.94. The van der Waals surface area contributed by atoms with Crippen molar-refractivity contribution < 1.29 is 14.7 Å². The van der Waals surface area contributed by atoms with Crippen molar-refractivity contribution in [2.45, 2.75) is 19.9 Å². The standard InChI is InChI=1S/C5H8ClNO3/c1-3(2)7(4(6)8)5(9)10/h3H,1-2H3,(H,9,10). The maximum Gasteiger partial charge on any atom is 0.415 e. The summed E-state index contributed by atoms with van der Waals surface area (Å²) in [7, 11) is 0. The Bertz CT molecular complexity index is 143. The number of hydrogen-bond donors (Lipinski definition) is 1. The Labute approximate surface area is 63.4 Å². The minimum atomic E-state index is -1.32. The Kier molecular flexibility index (Phi) is 3.15. The van der Waals surface area contributed by atoms with Crippen molar-refractivity contribution >= 4 is 23.1 Å². The van der Waals surface area contributed by atoms with Crippen molar-refractivity contribution in [1.29, 1.82) is 0 Å². The third-order valence-electron chi connectivity index (χ3n) is 0.912. The number of carbonyl (C=O) groups is 2. The van der Waals surface area contributed by atoms with Gasteiger partial charge >= 0.3 is 11.5 Å². The molecule has 0 radical (unpaired) electrons. The summed E-state index contributed by atoms with van der Waals surface area (Å²) in [4.78, 5) is 21.1. The van der Waals surface area contributed by atoms with Crippen LogP contribution in [-0.4, -0.2) is 27.5 Å². The van der Waals surface area contributed by atoms with Crippen LogP contribution in [0, 0.1) is 0 Å². The molecule has 0 aliphatic carbocycles. The average Bonchev–Trinajstić information content (AvgIpc) is 1.59. The minimum Gasteiger partial charge on any atom is -0.465 e. The van der Waals surface area contributed by atoms with E-state index in [1.54, 1.807) is 13.8 Å². The summed E-state index contributed by atoms with van der Waals surface area (Å²) in [6, 6.07) is -0.414. The zero-order valence-electron chi connectivity index (χ0n) is 5.67. The lowest BCUT2D eigenvalue weighted by Crippen LogP contribution is -2.37. The van der Waals surface area contributed by atoms with Crippen molar-refractivity contribution in [2.75, 3.05) is 0 Å². The molecule has 5 heteroatoms. The molecule has 0 aromatic heterocycles. The maximum absolute atomic E-state index is 10.3. The summed E-state index contributed by atoms with van der Waals surface area (Å²) in [5.41, 5.74) is 0. The number of amides is 2. The molecule has 10 heavy (non-hydrogen) atoms. The molecule has 0 atom stereocenters. The third-order valence-corrected chi connectivity index (χ3v) is 1.09. The molecule has 58 valence electrons. The van der Waals surface area contributed by atoms with E-state index in [1.165, 1.54) is 0 Å². The van der Waals surface area contributed by atoms with Crippen LogP contribution in [0.2, 0.25) is 0 Å². The number of halogens is 1. The number of nitrogens with zero attached hydrogens (tertiary/aromatic N) is 1. The summed E-state index contributed by atoms with van der Waals surface area (Å²) in [5.74, 6) is 0. The van der Waals surface area contributed by atoms with E-state index < -0.39 is 17.5 Å². The molecular weight excluding hydrogens is 158 g/mol. The Balaban J connectivity index is 4.27. The predicted molar refractivity (Wildman–Crippen MR) is 36.2 cm³/mol. The second kappa shape index (κ2) is 3.41. The van der Waals surface area contributed by atoms with Crippen molar-refractivity contribution in [2.24, 2.45) is 0 Å². The molecule has 2 amide bonds. The van der Waals surface area contributed by atoms with Gasteiger partial charge in [0.15, 0.2) is 0 Å². The van der Waals surface area contributed by atoms with Gasteiger partial charge in [-0.3, -0.25) is 4.79 Å². The molecule has 0 aromatic carbocycles. The number of hydrogen-bond acceptors (Lipinski definition) is 2. The first kappa shape index (κ1) is 9.23. The molecule has 0 spiro atoms. The van der Waals surface area contributed by atoms with E-state index in [1.807, 2.05) is 0 Å². The summed E-state index contributed by atoms with van der Waals surface area (Å²) in [6.07, 6.45) is -1.32. The Hall–Kier alpha value is -0.770. The Morgan fingerprint density at radius 1 is 1.50 bits per heavy atom. The molecule has 0 saturated heterocycles. The van der Waals surface area contributed by atoms with Crippen LogP contribution in [0.5, 0.6) is 0 Å². The molecule has 0 aliphatic rings. The fourth-order valence-corrected chi connectivity index (χ4v) is 0.767. The molecule has 0 aromatic rings. The van der Waals surface area contributed by atoms with Gasteiger partial charge in [0.1, 0.15) is 0 Å². The van der Waals surface area contributed by atoms with E-state index in [2.05, 4.69) is 0 Å². The van der Waals surface area contributed by atoms with Crippen molar-refractivity contribution in [3.8, 4) is 0 Å². The number of rotatable bonds is 1. The van der Waals surface area contributed by atoms with Gasteiger partial charge in [-0.05, 0) is 25.4 Å². The first-order valence-electron chi connectivity index (χ1n) is 2.68. The van der Waals surface area contributed by atoms with Gasteiger partial charge in [0.05, 0.1) is 0 Å². The highest BCUT2D eigenvalue weighted by Crippen LogP contribution is 2.02. The quantitative estimate of drug-likeness (QED) is 0.476. The van der Waals surface area contributed by atoms with Crippen LogP contribution >= 0.6 is 11.6 Å². The molecule has 0 bridgehead atoms. The van der Waals surface area contributed by atoms with Gasteiger partial charge in [0.25, 0.3) is 0 Å². The van der Waals surface area contributed by atoms with Crippen LogP contribution in [0.4, 0.5) is 9.59 Å². The predicted octanol–water partition coefficient (Wildman–Crippen LogP) is 1.73. The zero-order chi connectivity index (χ0) is 8.31. The van der Waals surface area contributed by atoms with Gasteiger partial charge in [0, 0.05) is 6.04 Å². The lowest BCUT2D eigenvalue weighted by molar-refractivity contribution is 0.146. The molecule has 0 unspecified atom stereocenters. The molecule has 0 heterocycles. The topological polar surface area (TPSA) is 57.6 Å². The Morgan fingerprint density at radius 2 is 1.90 bits per heavy atom. The fraction of sp³-hybridized carbons (Fsp3) is 0.600. The number of carbonyl (C=O) groups excluding carboxylic acids is 1. The number of imide groups is 1. The van der Waals surface area contributed by atoms with E-state index in [-0.39, 0.29) is 0 Å². The van der Waals surface area contributed by atoms with Crippen molar-refractivity contribution in [1.82, 2.24) is 4.90 Å². The van der Waals surface area contributed by atoms with Gasteiger partial charge in [-0.2, -0.15) is 0 Å². The highest BCUT2D eigenvalue weighted by atomic mass is 35.5. The first-order chi connectivity index (χ1) is 4.46. The smallest absolute Gasteiger partial charge is 0.415 e. The lowest BCUT2D eigenvalue weighted by Gasteiger charge is -2.16. The van der Waals surface area contributed by atoms with E-state index in [0.717, 1.165) is 0 Å². The molecule has 0 fully saturated rings. The summed E-state index contributed by atoms with van der Waals surface area (Å²) in [5, 5.41) is 7.36. The van der Waals surface area contributed by atoms with Crippen molar-refractivity contribution in [3.05, 3.63) is 0 Å². The average molecular weight is 166 g/mol. The zero-order valence-corrected chi connectivity index (χ0v) is 6.42. The van der Waals surface area contributed by atoms with Gasteiger partial charge in [0.2, 0.25) is 0 Å². The van der Waals surface area contributed by atoms with Crippen LogP contribution in [-0.2, 0) is 0 Å². The molecule has 0 saturated carbocycles. The molecule has 1 N–H and O–H groups in total. The summed E-state index contributed by atoms with van der Waals surface area (Å²) < 4.78 is 0. The van der Waals surface area contributed by atoms with Crippen LogP contribution in [0.15, 0.2) is 0 Å². The van der Waals surface area contributed by atoms with Gasteiger partial charge < -0.3 is 5.11 Å². The van der Waals surface area contributed by atoms with Crippen LogP contribution in [0.3, 0.4) is 0 Å². The van der Waals surface area contributed by atoms with Crippen LogP contribution in [0.1, 0.15) is 13.8 Å².